The number of ether oxygens (including phenoxy) is 2. The smallest absolute Gasteiger partial charge is 0.340 e. The van der Waals surface area contributed by atoms with Gasteiger partial charge in [0.05, 0.1) is 35.9 Å². The highest BCUT2D eigenvalue weighted by Crippen LogP contribution is 2.26. The van der Waals surface area contributed by atoms with Gasteiger partial charge in [0.1, 0.15) is 0 Å². The van der Waals surface area contributed by atoms with Crippen molar-refractivity contribution in [1.82, 2.24) is 0 Å². The van der Waals surface area contributed by atoms with Gasteiger partial charge in [0.15, 0.2) is 0 Å². The molecule has 0 N–H and O–H groups in total. The number of nitrogens with zero attached hydrogens (tertiary/aromatic N) is 1. The van der Waals surface area contributed by atoms with Gasteiger partial charge in [-0.3, -0.25) is 4.31 Å². The average Bonchev–Trinajstić information content (AvgIpc) is 2.66. The van der Waals surface area contributed by atoms with Crippen LogP contribution in [-0.2, 0) is 19.5 Å². The van der Waals surface area contributed by atoms with Crippen LogP contribution in [0.4, 0.5) is 5.69 Å². The first-order chi connectivity index (χ1) is 11.8. The number of para-hydroxylation sites is 1. The third-order valence-corrected chi connectivity index (χ3v) is 5.33. The first-order valence-electron chi connectivity index (χ1n) is 7.17. The summed E-state index contributed by atoms with van der Waals surface area (Å²) < 4.78 is 36.0. The first kappa shape index (κ1) is 18.5. The number of rotatable bonds is 5. The molecule has 2 rings (SSSR count). The first-order valence-corrected chi connectivity index (χ1v) is 8.61. The lowest BCUT2D eigenvalue weighted by molar-refractivity contribution is 0.0592. The Morgan fingerprint density at radius 1 is 0.920 bits per heavy atom. The fourth-order valence-electron chi connectivity index (χ4n) is 2.22. The molecule has 8 heteroatoms. The van der Waals surface area contributed by atoms with E-state index in [1.54, 1.807) is 12.1 Å². The van der Waals surface area contributed by atoms with Crippen LogP contribution in [-0.4, -0.2) is 41.6 Å². The summed E-state index contributed by atoms with van der Waals surface area (Å²) in [5.74, 6) is -1.30. The van der Waals surface area contributed by atoms with Gasteiger partial charge in [0.25, 0.3) is 10.0 Å². The number of esters is 2. The number of anilines is 1. The van der Waals surface area contributed by atoms with Crippen LogP contribution in [0.1, 0.15) is 20.7 Å². The van der Waals surface area contributed by atoms with Crippen molar-refractivity contribution < 1.29 is 27.5 Å². The van der Waals surface area contributed by atoms with Crippen molar-refractivity contribution in [3.05, 3.63) is 59.7 Å². The van der Waals surface area contributed by atoms with Crippen LogP contribution in [0.5, 0.6) is 0 Å². The molecule has 0 saturated heterocycles. The van der Waals surface area contributed by atoms with E-state index in [0.717, 1.165) is 4.31 Å². The molecule has 0 saturated carbocycles. The molecule has 2 aromatic rings. The van der Waals surface area contributed by atoms with Gasteiger partial charge in [0.2, 0.25) is 0 Å². The topological polar surface area (TPSA) is 90.0 Å². The van der Waals surface area contributed by atoms with Gasteiger partial charge in [0, 0.05) is 7.05 Å². The number of carbonyl (C=O) groups excluding carboxylic acids is 2. The van der Waals surface area contributed by atoms with Crippen LogP contribution in [0, 0.1) is 0 Å². The molecular formula is C17H17NO6S. The van der Waals surface area contributed by atoms with E-state index in [-0.39, 0.29) is 21.7 Å². The zero-order valence-electron chi connectivity index (χ0n) is 13.9. The summed E-state index contributed by atoms with van der Waals surface area (Å²) >= 11 is 0. The maximum atomic E-state index is 12.9. The molecule has 0 unspecified atom stereocenters. The van der Waals surface area contributed by atoms with E-state index in [1.165, 1.54) is 57.7 Å². The summed E-state index contributed by atoms with van der Waals surface area (Å²) in [6, 6.07) is 11.7. The SMILES string of the molecule is COC(=O)c1cccc(S(=O)(=O)N(C)c2ccccc2C(=O)OC)c1. The molecule has 0 aliphatic carbocycles. The lowest BCUT2D eigenvalue weighted by Crippen LogP contribution is -2.28. The molecule has 0 atom stereocenters. The molecular weight excluding hydrogens is 346 g/mol. The molecule has 0 fully saturated rings. The molecule has 2 aromatic carbocycles. The van der Waals surface area contributed by atoms with Crippen molar-refractivity contribution in [2.75, 3.05) is 25.6 Å². The number of methoxy groups -OCH3 is 2. The van der Waals surface area contributed by atoms with Gasteiger partial charge < -0.3 is 9.47 Å². The molecule has 25 heavy (non-hydrogen) atoms. The number of sulfonamides is 1. The monoisotopic (exact) mass is 363 g/mol. The molecule has 0 heterocycles. The minimum absolute atomic E-state index is 0.0995. The van der Waals surface area contributed by atoms with Crippen LogP contribution < -0.4 is 4.31 Å². The molecule has 0 amide bonds. The number of benzene rings is 2. The summed E-state index contributed by atoms with van der Waals surface area (Å²) in [7, 11) is -0.255. The van der Waals surface area contributed by atoms with Gasteiger partial charge in [-0.1, -0.05) is 18.2 Å². The van der Waals surface area contributed by atoms with E-state index in [9.17, 15) is 18.0 Å². The zero-order valence-corrected chi connectivity index (χ0v) is 14.7. The van der Waals surface area contributed by atoms with Crippen LogP contribution >= 0.6 is 0 Å². The zero-order chi connectivity index (χ0) is 18.6. The Balaban J connectivity index is 2.51. The average molecular weight is 363 g/mol. The molecule has 0 aliphatic heterocycles. The van der Waals surface area contributed by atoms with Crippen molar-refractivity contribution >= 4 is 27.6 Å². The highest BCUT2D eigenvalue weighted by atomic mass is 32.2. The fraction of sp³-hybridized carbons (Fsp3) is 0.176. The Kier molecular flexibility index (Phi) is 5.43. The number of hydrogen-bond acceptors (Lipinski definition) is 6. The normalized spacial score (nSPS) is 10.8. The molecule has 0 bridgehead atoms. The summed E-state index contributed by atoms with van der Waals surface area (Å²) in [6.45, 7) is 0. The van der Waals surface area contributed by atoms with Crippen LogP contribution in [0.2, 0.25) is 0 Å². The largest absolute Gasteiger partial charge is 0.465 e. The minimum atomic E-state index is -4.00. The Hall–Kier alpha value is -2.87. The molecule has 0 radical (unpaired) electrons. The molecule has 0 aliphatic rings. The highest BCUT2D eigenvalue weighted by Gasteiger charge is 2.26. The summed E-state index contributed by atoms with van der Waals surface area (Å²) in [5, 5.41) is 0. The molecule has 0 aromatic heterocycles. The Morgan fingerprint density at radius 3 is 2.20 bits per heavy atom. The van der Waals surface area contributed by atoms with Gasteiger partial charge in [-0.15, -0.1) is 0 Å². The fourth-order valence-corrected chi connectivity index (χ4v) is 3.48. The second kappa shape index (κ2) is 7.35. The minimum Gasteiger partial charge on any atom is -0.465 e. The van der Waals surface area contributed by atoms with E-state index in [1.807, 2.05) is 0 Å². The quantitative estimate of drug-likeness (QED) is 0.756. The predicted octanol–water partition coefficient (Wildman–Crippen LogP) is 2.08. The predicted molar refractivity (Wildman–Crippen MR) is 91.2 cm³/mol. The van der Waals surface area contributed by atoms with Crippen molar-refractivity contribution in [3.8, 4) is 0 Å². The van der Waals surface area contributed by atoms with Gasteiger partial charge >= 0.3 is 11.9 Å². The second-order valence-electron chi connectivity index (χ2n) is 5.00. The number of carbonyl (C=O) groups is 2. The van der Waals surface area contributed by atoms with E-state index >= 15 is 0 Å². The standard InChI is InChI=1S/C17H17NO6S/c1-18(15-10-5-4-9-14(15)17(20)24-3)25(21,22)13-8-6-7-12(11-13)16(19)23-2/h4-11H,1-3H3. The lowest BCUT2D eigenvalue weighted by Gasteiger charge is -2.21. The maximum absolute atomic E-state index is 12.9. The van der Waals surface area contributed by atoms with Crippen molar-refractivity contribution in [3.63, 3.8) is 0 Å². The van der Waals surface area contributed by atoms with Gasteiger partial charge in [-0.2, -0.15) is 0 Å². The Morgan fingerprint density at radius 2 is 1.56 bits per heavy atom. The number of hydrogen-bond donors (Lipinski definition) is 0. The molecule has 7 nitrogen and oxygen atoms in total. The maximum Gasteiger partial charge on any atom is 0.340 e. The van der Waals surface area contributed by atoms with Crippen molar-refractivity contribution in [2.24, 2.45) is 0 Å². The second-order valence-corrected chi connectivity index (χ2v) is 6.97. The van der Waals surface area contributed by atoms with Gasteiger partial charge in [-0.05, 0) is 30.3 Å². The summed E-state index contributed by atoms with van der Waals surface area (Å²) in [5.41, 5.74) is 0.385. The third kappa shape index (κ3) is 3.63. The summed E-state index contributed by atoms with van der Waals surface area (Å²) in [6.07, 6.45) is 0. The lowest BCUT2D eigenvalue weighted by atomic mass is 10.2. The molecule has 132 valence electrons. The molecule has 0 spiro atoms. The van der Waals surface area contributed by atoms with Crippen LogP contribution in [0.15, 0.2) is 53.4 Å². The Bertz CT molecular complexity index is 907. The summed E-state index contributed by atoms with van der Waals surface area (Å²) in [4.78, 5) is 23.4. The van der Waals surface area contributed by atoms with E-state index in [0.29, 0.717) is 0 Å². The van der Waals surface area contributed by atoms with Crippen molar-refractivity contribution in [2.45, 2.75) is 4.90 Å². The van der Waals surface area contributed by atoms with Gasteiger partial charge in [-0.25, -0.2) is 18.0 Å². The highest BCUT2D eigenvalue weighted by molar-refractivity contribution is 7.92. The van der Waals surface area contributed by atoms with E-state index < -0.39 is 22.0 Å². The van der Waals surface area contributed by atoms with Crippen LogP contribution in [0.25, 0.3) is 0 Å². The van der Waals surface area contributed by atoms with Crippen molar-refractivity contribution in [1.29, 1.82) is 0 Å². The van der Waals surface area contributed by atoms with E-state index in [4.69, 9.17) is 0 Å². The Labute approximate surface area is 145 Å². The third-order valence-electron chi connectivity index (χ3n) is 3.56. The van der Waals surface area contributed by atoms with Crippen LogP contribution in [0.3, 0.4) is 0 Å². The van der Waals surface area contributed by atoms with E-state index in [2.05, 4.69) is 9.47 Å².